The Balaban J connectivity index is 1.46. The molecule has 148 valence electrons. The van der Waals surface area contributed by atoms with Crippen LogP contribution in [0.25, 0.3) is 0 Å². The molecule has 0 saturated carbocycles. The Hall–Kier alpha value is -2.64. The van der Waals surface area contributed by atoms with E-state index in [0.717, 1.165) is 18.2 Å². The number of hydrogen-bond acceptors (Lipinski definition) is 5. The van der Waals surface area contributed by atoms with E-state index in [0.29, 0.717) is 49.8 Å². The van der Waals surface area contributed by atoms with Crippen molar-refractivity contribution >= 4 is 17.4 Å². The molecule has 1 fully saturated rings. The average Bonchev–Trinajstić information content (AvgIpc) is 2.67. The zero-order valence-corrected chi connectivity index (χ0v) is 15.5. The molecule has 8 heteroatoms. The van der Waals surface area contributed by atoms with E-state index < -0.39 is 11.7 Å². The fourth-order valence-corrected chi connectivity index (χ4v) is 3.82. The topological polar surface area (TPSA) is 49.3 Å². The zero-order chi connectivity index (χ0) is 19.9. The minimum absolute atomic E-state index is 0.0923. The molecule has 2 aromatic rings. The minimum Gasteiger partial charge on any atom is -0.368 e. The van der Waals surface area contributed by atoms with Crippen molar-refractivity contribution in [2.45, 2.75) is 25.9 Å². The molecule has 0 N–H and O–H groups in total. The highest BCUT2D eigenvalue weighted by Crippen LogP contribution is 2.32. The first-order valence-electron chi connectivity index (χ1n) is 9.37. The number of ketones is 1. The molecule has 1 unspecified atom stereocenters. The number of anilines is 2. The van der Waals surface area contributed by atoms with Gasteiger partial charge in [0, 0.05) is 44.5 Å². The normalized spacial score (nSPS) is 20.3. The van der Waals surface area contributed by atoms with E-state index in [2.05, 4.69) is 9.97 Å². The number of carbonyl (C=O) groups is 1. The molecule has 1 aliphatic heterocycles. The number of benzene rings is 1. The maximum absolute atomic E-state index is 12.9. The van der Waals surface area contributed by atoms with Gasteiger partial charge in [-0.05, 0) is 30.5 Å². The summed E-state index contributed by atoms with van der Waals surface area (Å²) in [6.45, 7) is 4.42. The molecule has 0 amide bonds. The Morgan fingerprint density at radius 2 is 1.79 bits per heavy atom. The summed E-state index contributed by atoms with van der Waals surface area (Å²) in [6, 6.07) is 5.42. The third-order valence-electron chi connectivity index (χ3n) is 5.33. The van der Waals surface area contributed by atoms with E-state index in [-0.39, 0.29) is 11.7 Å². The third kappa shape index (κ3) is 3.68. The standard InChI is InChI=1S/C20H21F3N4O/c1-13-9-17-16(18(28)10-13)12-24-19(25-17)27-7-5-26(6-8-27)15-4-2-3-14(11-15)20(21,22)23/h2-4,11-13H,5-10H2,1H3. The van der Waals surface area contributed by atoms with E-state index in [9.17, 15) is 18.0 Å². The van der Waals surface area contributed by atoms with Gasteiger partial charge >= 0.3 is 6.18 Å². The van der Waals surface area contributed by atoms with Crippen molar-refractivity contribution in [1.29, 1.82) is 0 Å². The van der Waals surface area contributed by atoms with Crippen LogP contribution in [0.3, 0.4) is 0 Å². The van der Waals surface area contributed by atoms with Gasteiger partial charge in [-0.15, -0.1) is 0 Å². The Morgan fingerprint density at radius 3 is 2.50 bits per heavy atom. The SMILES string of the molecule is CC1CC(=O)c2cnc(N3CCN(c4cccc(C(F)(F)F)c4)CC3)nc2C1. The number of rotatable bonds is 2. The second-order valence-corrected chi connectivity index (χ2v) is 7.49. The molecule has 0 bridgehead atoms. The molecule has 5 nitrogen and oxygen atoms in total. The summed E-state index contributed by atoms with van der Waals surface area (Å²) in [4.78, 5) is 25.0. The summed E-state index contributed by atoms with van der Waals surface area (Å²) in [6.07, 6.45) is -1.43. The van der Waals surface area contributed by atoms with Crippen molar-refractivity contribution in [3.05, 3.63) is 47.3 Å². The Kier molecular flexibility index (Phi) is 4.72. The third-order valence-corrected chi connectivity index (χ3v) is 5.33. The van der Waals surface area contributed by atoms with Crippen LogP contribution in [0.2, 0.25) is 0 Å². The largest absolute Gasteiger partial charge is 0.416 e. The summed E-state index contributed by atoms with van der Waals surface area (Å²) in [7, 11) is 0. The first-order valence-corrected chi connectivity index (χ1v) is 9.37. The van der Waals surface area contributed by atoms with Gasteiger partial charge in [-0.2, -0.15) is 13.2 Å². The number of aromatic nitrogens is 2. The van der Waals surface area contributed by atoms with E-state index in [1.165, 1.54) is 12.1 Å². The summed E-state index contributed by atoms with van der Waals surface area (Å²) < 4.78 is 38.8. The van der Waals surface area contributed by atoms with Gasteiger partial charge in [0.05, 0.1) is 16.8 Å². The van der Waals surface area contributed by atoms with Crippen LogP contribution < -0.4 is 9.80 Å². The van der Waals surface area contributed by atoms with Crippen molar-refractivity contribution in [2.75, 3.05) is 36.0 Å². The maximum Gasteiger partial charge on any atom is 0.416 e. The molecule has 0 spiro atoms. The first kappa shape index (κ1) is 18.7. The fraction of sp³-hybridized carbons (Fsp3) is 0.450. The van der Waals surface area contributed by atoms with Gasteiger partial charge < -0.3 is 9.80 Å². The minimum atomic E-state index is -4.34. The predicted octanol–water partition coefficient (Wildman–Crippen LogP) is 3.59. The maximum atomic E-state index is 12.9. The molecular weight excluding hydrogens is 369 g/mol. The van der Waals surface area contributed by atoms with E-state index in [1.807, 2.05) is 16.7 Å². The van der Waals surface area contributed by atoms with Crippen molar-refractivity contribution in [3.8, 4) is 0 Å². The summed E-state index contributed by atoms with van der Waals surface area (Å²) in [5.41, 5.74) is 1.35. The lowest BCUT2D eigenvalue weighted by molar-refractivity contribution is -0.137. The molecular formula is C20H21F3N4O. The van der Waals surface area contributed by atoms with Gasteiger partial charge in [0.25, 0.3) is 0 Å². The lowest BCUT2D eigenvalue weighted by Crippen LogP contribution is -2.47. The lowest BCUT2D eigenvalue weighted by Gasteiger charge is -2.36. The van der Waals surface area contributed by atoms with Gasteiger partial charge in [-0.3, -0.25) is 4.79 Å². The van der Waals surface area contributed by atoms with Crippen LogP contribution in [0.1, 0.15) is 35.0 Å². The molecule has 28 heavy (non-hydrogen) atoms. The monoisotopic (exact) mass is 390 g/mol. The van der Waals surface area contributed by atoms with Crippen molar-refractivity contribution in [2.24, 2.45) is 5.92 Å². The van der Waals surface area contributed by atoms with Crippen LogP contribution >= 0.6 is 0 Å². The smallest absolute Gasteiger partial charge is 0.368 e. The van der Waals surface area contributed by atoms with Gasteiger partial charge in [-0.25, -0.2) is 9.97 Å². The Morgan fingerprint density at radius 1 is 1.07 bits per heavy atom. The predicted molar refractivity (Wildman–Crippen MR) is 99.7 cm³/mol. The Labute approximate surface area is 161 Å². The lowest BCUT2D eigenvalue weighted by atomic mass is 9.88. The van der Waals surface area contributed by atoms with Crippen molar-refractivity contribution in [1.82, 2.24) is 9.97 Å². The van der Waals surface area contributed by atoms with E-state index in [1.54, 1.807) is 12.3 Å². The van der Waals surface area contributed by atoms with Gasteiger partial charge in [0.1, 0.15) is 0 Å². The van der Waals surface area contributed by atoms with Crippen LogP contribution in [0.15, 0.2) is 30.5 Å². The average molecular weight is 390 g/mol. The van der Waals surface area contributed by atoms with Crippen LogP contribution in [0.4, 0.5) is 24.8 Å². The molecule has 1 aromatic heterocycles. The molecule has 4 rings (SSSR count). The summed E-state index contributed by atoms with van der Waals surface area (Å²) >= 11 is 0. The van der Waals surface area contributed by atoms with Crippen molar-refractivity contribution < 1.29 is 18.0 Å². The first-order chi connectivity index (χ1) is 13.3. The second kappa shape index (κ2) is 7.07. The van der Waals surface area contributed by atoms with Crippen LogP contribution in [0, 0.1) is 5.92 Å². The highest BCUT2D eigenvalue weighted by Gasteiger charge is 2.31. The number of nitrogens with zero attached hydrogens (tertiary/aromatic N) is 4. The van der Waals surface area contributed by atoms with Crippen molar-refractivity contribution in [3.63, 3.8) is 0 Å². The van der Waals surface area contributed by atoms with E-state index >= 15 is 0 Å². The highest BCUT2D eigenvalue weighted by atomic mass is 19.4. The molecule has 2 heterocycles. The zero-order valence-electron chi connectivity index (χ0n) is 15.5. The highest BCUT2D eigenvalue weighted by molar-refractivity contribution is 5.98. The van der Waals surface area contributed by atoms with Crippen LogP contribution in [-0.4, -0.2) is 41.9 Å². The molecule has 1 atom stereocenters. The number of carbonyl (C=O) groups excluding carboxylic acids is 1. The summed E-state index contributed by atoms with van der Waals surface area (Å²) in [5.74, 6) is 0.958. The second-order valence-electron chi connectivity index (χ2n) is 7.49. The number of piperazine rings is 1. The number of fused-ring (bicyclic) bond motifs is 1. The number of Topliss-reactive ketones (excluding diaryl/α,β-unsaturated/α-hetero) is 1. The fourth-order valence-electron chi connectivity index (χ4n) is 3.82. The Bertz CT molecular complexity index is 891. The number of alkyl halides is 3. The van der Waals surface area contributed by atoms with E-state index in [4.69, 9.17) is 0 Å². The molecule has 1 aliphatic carbocycles. The quantitative estimate of drug-likeness (QED) is 0.785. The van der Waals surface area contributed by atoms with Crippen LogP contribution in [0.5, 0.6) is 0 Å². The molecule has 1 aromatic carbocycles. The molecule has 2 aliphatic rings. The molecule has 1 saturated heterocycles. The van der Waals surface area contributed by atoms with Gasteiger partial charge in [-0.1, -0.05) is 13.0 Å². The van der Waals surface area contributed by atoms with Gasteiger partial charge in [0.2, 0.25) is 5.95 Å². The number of hydrogen-bond donors (Lipinski definition) is 0. The number of halogens is 3. The van der Waals surface area contributed by atoms with Crippen LogP contribution in [-0.2, 0) is 12.6 Å². The summed E-state index contributed by atoms with van der Waals surface area (Å²) in [5, 5.41) is 0. The van der Waals surface area contributed by atoms with Gasteiger partial charge in [0.15, 0.2) is 5.78 Å². The molecule has 0 radical (unpaired) electrons.